The van der Waals surface area contributed by atoms with E-state index in [-0.39, 0.29) is 17.6 Å². The van der Waals surface area contributed by atoms with Gasteiger partial charge in [0.15, 0.2) is 11.6 Å². The van der Waals surface area contributed by atoms with Gasteiger partial charge in [0, 0.05) is 26.1 Å². The second kappa shape index (κ2) is 5.57. The second-order valence-electron chi connectivity index (χ2n) is 5.34. The number of aromatic nitrogens is 2. The molecule has 0 aromatic carbocycles. The zero-order valence-corrected chi connectivity index (χ0v) is 12.4. The van der Waals surface area contributed by atoms with Gasteiger partial charge in [-0.25, -0.2) is 19.8 Å². The van der Waals surface area contributed by atoms with Crippen LogP contribution in [0.2, 0.25) is 0 Å². The molecule has 2 N–H and O–H groups in total. The SMILES string of the molecule is CC(=O)N[C@H]1CCN(c2ncc3c(n2)C(=C=O)NC(C)=N3)C1. The van der Waals surface area contributed by atoms with E-state index in [0.717, 1.165) is 13.0 Å². The van der Waals surface area contributed by atoms with Gasteiger partial charge in [-0.05, 0) is 13.3 Å². The summed E-state index contributed by atoms with van der Waals surface area (Å²) >= 11 is 0. The Balaban J connectivity index is 1.86. The Bertz CT molecular complexity index is 707. The summed E-state index contributed by atoms with van der Waals surface area (Å²) in [6, 6.07) is 0.0941. The second-order valence-corrected chi connectivity index (χ2v) is 5.34. The molecule has 2 aliphatic heterocycles. The fourth-order valence-corrected chi connectivity index (χ4v) is 2.65. The van der Waals surface area contributed by atoms with Crippen LogP contribution in [0.25, 0.3) is 5.70 Å². The summed E-state index contributed by atoms with van der Waals surface area (Å²) in [5, 5.41) is 5.74. The number of nitrogens with zero attached hydrogens (tertiary/aromatic N) is 4. The van der Waals surface area contributed by atoms with Gasteiger partial charge in [-0.1, -0.05) is 0 Å². The Morgan fingerprint density at radius 3 is 3.09 bits per heavy atom. The molecule has 0 bridgehead atoms. The molecule has 1 saturated heterocycles. The number of anilines is 1. The molecule has 2 aliphatic rings. The lowest BCUT2D eigenvalue weighted by Gasteiger charge is -2.20. The van der Waals surface area contributed by atoms with Crippen LogP contribution in [0.3, 0.4) is 0 Å². The normalized spacial score (nSPS) is 19.9. The predicted octanol–water partition coefficient (Wildman–Crippen LogP) is 0.0170. The number of fused-ring (bicyclic) bond motifs is 1. The molecule has 0 unspecified atom stereocenters. The summed E-state index contributed by atoms with van der Waals surface area (Å²) in [6.45, 7) is 4.66. The molecule has 1 aromatic rings. The van der Waals surface area contributed by atoms with Crippen molar-refractivity contribution < 1.29 is 9.59 Å². The van der Waals surface area contributed by atoms with Crippen molar-refractivity contribution in [1.29, 1.82) is 0 Å². The van der Waals surface area contributed by atoms with Crippen LogP contribution in [0.1, 0.15) is 26.0 Å². The third-order valence-electron chi connectivity index (χ3n) is 3.57. The summed E-state index contributed by atoms with van der Waals surface area (Å²) in [4.78, 5) is 37.2. The molecule has 3 rings (SSSR count). The van der Waals surface area contributed by atoms with Gasteiger partial charge in [0.2, 0.25) is 11.9 Å². The van der Waals surface area contributed by atoms with E-state index in [1.807, 2.05) is 10.8 Å². The van der Waals surface area contributed by atoms with Crippen LogP contribution >= 0.6 is 0 Å². The highest BCUT2D eigenvalue weighted by molar-refractivity contribution is 6.02. The van der Waals surface area contributed by atoms with Gasteiger partial charge in [0.05, 0.1) is 6.20 Å². The van der Waals surface area contributed by atoms with Crippen LogP contribution in [-0.4, -0.2) is 46.8 Å². The molecule has 1 amide bonds. The maximum atomic E-state index is 11.1. The van der Waals surface area contributed by atoms with Gasteiger partial charge in [-0.3, -0.25) is 4.79 Å². The van der Waals surface area contributed by atoms with E-state index in [4.69, 9.17) is 0 Å². The van der Waals surface area contributed by atoms with Crippen LogP contribution in [0.15, 0.2) is 11.2 Å². The van der Waals surface area contributed by atoms with E-state index < -0.39 is 0 Å². The number of hydrogen-bond acceptors (Lipinski definition) is 7. The van der Waals surface area contributed by atoms with Crippen LogP contribution in [-0.2, 0) is 9.59 Å². The number of amidine groups is 1. The molecule has 1 atom stereocenters. The summed E-state index contributed by atoms with van der Waals surface area (Å²) in [6.07, 6.45) is 2.44. The number of hydrogen-bond donors (Lipinski definition) is 2. The highest BCUT2D eigenvalue weighted by Gasteiger charge is 2.26. The number of carbonyl (C=O) groups is 1. The Hall–Kier alpha value is -2.73. The largest absolute Gasteiger partial charge is 0.352 e. The zero-order chi connectivity index (χ0) is 15.7. The van der Waals surface area contributed by atoms with Gasteiger partial charge < -0.3 is 15.5 Å². The minimum absolute atomic E-state index is 0.0432. The number of nitrogens with one attached hydrogen (secondary N) is 2. The van der Waals surface area contributed by atoms with E-state index in [9.17, 15) is 9.59 Å². The molecular weight excluding hydrogens is 284 g/mol. The Morgan fingerprint density at radius 2 is 2.36 bits per heavy atom. The van der Waals surface area contributed by atoms with Crippen LogP contribution < -0.4 is 15.5 Å². The monoisotopic (exact) mass is 300 g/mol. The summed E-state index contributed by atoms with van der Waals surface area (Å²) < 4.78 is 0. The molecular formula is C14H16N6O2. The molecule has 8 nitrogen and oxygen atoms in total. The first kappa shape index (κ1) is 14.2. The zero-order valence-electron chi connectivity index (χ0n) is 12.4. The average Bonchev–Trinajstić information content (AvgIpc) is 2.93. The minimum atomic E-state index is -0.0432. The fourth-order valence-electron chi connectivity index (χ4n) is 2.65. The summed E-state index contributed by atoms with van der Waals surface area (Å²) in [5.74, 6) is 2.94. The lowest BCUT2D eigenvalue weighted by molar-refractivity contribution is -0.119. The van der Waals surface area contributed by atoms with E-state index in [1.165, 1.54) is 6.92 Å². The molecule has 0 aliphatic carbocycles. The smallest absolute Gasteiger partial charge is 0.226 e. The first-order chi connectivity index (χ1) is 10.6. The van der Waals surface area contributed by atoms with Gasteiger partial charge >= 0.3 is 0 Å². The quantitative estimate of drug-likeness (QED) is 0.747. The number of amides is 1. The maximum Gasteiger partial charge on any atom is 0.226 e. The lowest BCUT2D eigenvalue weighted by Crippen LogP contribution is -2.36. The van der Waals surface area contributed by atoms with Crippen molar-refractivity contribution in [3.8, 4) is 0 Å². The van der Waals surface area contributed by atoms with Crippen LogP contribution in [0.4, 0.5) is 11.6 Å². The van der Waals surface area contributed by atoms with Crippen molar-refractivity contribution >= 4 is 35.0 Å². The molecule has 0 spiro atoms. The van der Waals surface area contributed by atoms with Crippen molar-refractivity contribution in [3.63, 3.8) is 0 Å². The molecule has 0 radical (unpaired) electrons. The fraction of sp³-hybridized carbons (Fsp3) is 0.429. The van der Waals surface area contributed by atoms with Crippen molar-refractivity contribution in [1.82, 2.24) is 20.6 Å². The highest BCUT2D eigenvalue weighted by Crippen LogP contribution is 2.27. The van der Waals surface area contributed by atoms with E-state index in [0.29, 0.717) is 29.7 Å². The van der Waals surface area contributed by atoms with Crippen molar-refractivity contribution in [2.45, 2.75) is 26.3 Å². The van der Waals surface area contributed by atoms with Gasteiger partial charge in [0.1, 0.15) is 17.2 Å². The summed E-state index contributed by atoms with van der Waals surface area (Å²) in [7, 11) is 0. The van der Waals surface area contributed by atoms with E-state index in [2.05, 4.69) is 25.6 Å². The van der Waals surface area contributed by atoms with Crippen molar-refractivity contribution in [2.75, 3.05) is 18.0 Å². The third-order valence-corrected chi connectivity index (χ3v) is 3.57. The Kier molecular flexibility index (Phi) is 3.60. The Morgan fingerprint density at radius 1 is 1.55 bits per heavy atom. The average molecular weight is 300 g/mol. The Labute approximate surface area is 127 Å². The number of carbonyl (C=O) groups excluding carboxylic acids is 2. The molecule has 1 fully saturated rings. The highest BCUT2D eigenvalue weighted by atomic mass is 16.1. The molecule has 8 heteroatoms. The molecule has 1 aromatic heterocycles. The molecule has 3 heterocycles. The lowest BCUT2D eigenvalue weighted by atomic mass is 10.2. The first-order valence-electron chi connectivity index (χ1n) is 7.03. The van der Waals surface area contributed by atoms with Gasteiger partial charge in [-0.15, -0.1) is 0 Å². The molecule has 0 saturated carbocycles. The number of rotatable bonds is 2. The van der Waals surface area contributed by atoms with Crippen molar-refractivity contribution in [2.24, 2.45) is 4.99 Å². The maximum absolute atomic E-state index is 11.1. The molecule has 114 valence electrons. The van der Waals surface area contributed by atoms with Crippen molar-refractivity contribution in [3.05, 3.63) is 11.9 Å². The number of aliphatic imine (C=N–C) groups is 1. The van der Waals surface area contributed by atoms with Crippen LogP contribution in [0, 0.1) is 0 Å². The van der Waals surface area contributed by atoms with Gasteiger partial charge in [-0.2, -0.15) is 0 Å². The first-order valence-corrected chi connectivity index (χ1v) is 7.03. The minimum Gasteiger partial charge on any atom is -0.352 e. The summed E-state index contributed by atoms with van der Waals surface area (Å²) in [5.41, 5.74) is 1.27. The van der Waals surface area contributed by atoms with Crippen LogP contribution in [0.5, 0.6) is 0 Å². The van der Waals surface area contributed by atoms with Gasteiger partial charge in [0.25, 0.3) is 0 Å². The third kappa shape index (κ3) is 2.68. The van der Waals surface area contributed by atoms with E-state index >= 15 is 0 Å². The predicted molar refractivity (Wildman–Crippen MR) is 81.5 cm³/mol. The van der Waals surface area contributed by atoms with E-state index in [1.54, 1.807) is 13.1 Å². The standard InChI is InChI=1S/C14H16N6O2/c1-8-16-11-5-15-14(19-13(11)12(7-21)17-8)20-4-3-10(6-20)18-9(2)22/h5,10H,3-4,6H2,1-2H3,(H,16,17)(H,18,22)/t10-/m0/s1. The molecule has 22 heavy (non-hydrogen) atoms. The topological polar surface area (TPSA) is 99.6 Å².